The van der Waals surface area contributed by atoms with Gasteiger partial charge in [-0.15, -0.1) is 0 Å². The number of aromatic nitrogens is 3. The third kappa shape index (κ3) is 7.39. The maximum Gasteiger partial charge on any atom is 0.418 e. The lowest BCUT2D eigenvalue weighted by Gasteiger charge is -2.39. The Morgan fingerprint density at radius 3 is 2.35 bits per heavy atom. The number of H-pyrrole nitrogens is 1. The van der Waals surface area contributed by atoms with E-state index in [0.29, 0.717) is 56.4 Å². The Labute approximate surface area is 305 Å². The largest absolute Gasteiger partial charge is 0.418 e. The number of para-hydroxylation sites is 1. The van der Waals surface area contributed by atoms with Crippen LogP contribution in [0.4, 0.5) is 18.9 Å². The Hall–Kier alpha value is -4.10. The summed E-state index contributed by atoms with van der Waals surface area (Å²) in [5.74, 6) is -0.125. The lowest BCUT2D eigenvalue weighted by molar-refractivity contribution is -0.143. The van der Waals surface area contributed by atoms with Crippen molar-refractivity contribution in [1.82, 2.24) is 29.7 Å². The van der Waals surface area contributed by atoms with Gasteiger partial charge in [0, 0.05) is 51.1 Å². The molecule has 0 aliphatic carbocycles. The topological polar surface area (TPSA) is 115 Å². The third-order valence-corrected chi connectivity index (χ3v) is 11.8. The number of alkyl halides is 3. The summed E-state index contributed by atoms with van der Waals surface area (Å²) >= 11 is 6.33. The van der Waals surface area contributed by atoms with Gasteiger partial charge in [-0.1, -0.05) is 29.8 Å². The first-order chi connectivity index (χ1) is 25.0. The Morgan fingerprint density at radius 1 is 0.981 bits per heavy atom. The number of fused-ring (bicyclic) bond motifs is 3. The molecule has 3 N–H and O–H groups in total. The summed E-state index contributed by atoms with van der Waals surface area (Å²) in [6.45, 7) is 3.92. The maximum atomic E-state index is 14.2. The standard InChI is InChI=1S/C38H45ClF3N7O3/c1-43-35-29(38(40,41)42)19-23(20-30(35)39)18-26(36(51)48-14-8-25(9-15-48)24-6-12-44-13-7-24)21-33(50)47-16-10-27(11-17-47)49-32-22-45-31-5-3-2-4-28(31)34(32)46-37(49)52/h2-5,19-20,22,24-27,43-44H,6-18,21H2,1H3,(H,46,52)/t26-/m0/s1. The number of imidazole rings is 1. The molecule has 3 aliphatic heterocycles. The number of nitrogens with one attached hydrogen (secondary N) is 3. The van der Waals surface area contributed by atoms with E-state index in [4.69, 9.17) is 11.6 Å². The second kappa shape index (κ2) is 15.1. The average molecular weight is 740 g/mol. The Morgan fingerprint density at radius 2 is 1.65 bits per heavy atom. The molecule has 2 amide bonds. The van der Waals surface area contributed by atoms with Crippen LogP contribution in [0.3, 0.4) is 0 Å². The second-order valence-corrected chi connectivity index (χ2v) is 15.0. The van der Waals surface area contributed by atoms with Gasteiger partial charge in [-0.2, -0.15) is 13.2 Å². The molecule has 2 aromatic heterocycles. The first kappa shape index (κ1) is 36.3. The van der Waals surface area contributed by atoms with Crippen LogP contribution in [-0.4, -0.2) is 82.5 Å². The van der Waals surface area contributed by atoms with Crippen molar-refractivity contribution in [2.24, 2.45) is 17.8 Å². The monoisotopic (exact) mass is 739 g/mol. The number of aromatic amines is 1. The van der Waals surface area contributed by atoms with Crippen LogP contribution in [0.5, 0.6) is 0 Å². The van der Waals surface area contributed by atoms with Crippen molar-refractivity contribution in [1.29, 1.82) is 0 Å². The van der Waals surface area contributed by atoms with E-state index >= 15 is 0 Å². The minimum Gasteiger partial charge on any atom is -0.386 e. The minimum absolute atomic E-state index is 0.0479. The number of benzene rings is 2. The number of piperidine rings is 3. The minimum atomic E-state index is -4.66. The summed E-state index contributed by atoms with van der Waals surface area (Å²) in [6.07, 6.45) is 1.94. The first-order valence-corrected chi connectivity index (χ1v) is 18.7. The van der Waals surface area contributed by atoms with E-state index in [-0.39, 0.29) is 52.7 Å². The SMILES string of the molecule is CNc1c(Cl)cc(C[C@@H](CC(=O)N2CCC(n3c(=O)[nH]c4c5ccccc5ncc43)CC2)C(=O)N2CCC(C3CCNCC3)CC2)cc1C(F)(F)F. The molecule has 5 heterocycles. The molecule has 3 aliphatic rings. The molecule has 7 rings (SSSR count). The van der Waals surface area contributed by atoms with E-state index in [2.05, 4.69) is 20.6 Å². The lowest BCUT2D eigenvalue weighted by Crippen LogP contribution is -2.46. The van der Waals surface area contributed by atoms with Crippen LogP contribution < -0.4 is 16.3 Å². The van der Waals surface area contributed by atoms with Crippen LogP contribution in [-0.2, 0) is 22.2 Å². The number of hydrogen-bond acceptors (Lipinski definition) is 6. The highest BCUT2D eigenvalue weighted by Crippen LogP contribution is 2.40. The van der Waals surface area contributed by atoms with E-state index in [1.807, 2.05) is 24.3 Å². The van der Waals surface area contributed by atoms with Gasteiger partial charge in [-0.25, -0.2) is 4.79 Å². The lowest BCUT2D eigenvalue weighted by atomic mass is 9.79. The molecule has 0 radical (unpaired) electrons. The Balaban J connectivity index is 1.07. The smallest absolute Gasteiger partial charge is 0.386 e. The molecule has 0 spiro atoms. The predicted octanol–water partition coefficient (Wildman–Crippen LogP) is 6.24. The van der Waals surface area contributed by atoms with Gasteiger partial charge in [0.2, 0.25) is 11.8 Å². The van der Waals surface area contributed by atoms with Crippen molar-refractivity contribution in [2.75, 3.05) is 51.6 Å². The number of halogens is 4. The van der Waals surface area contributed by atoms with Gasteiger partial charge >= 0.3 is 11.9 Å². The van der Waals surface area contributed by atoms with Crippen LogP contribution in [0, 0.1) is 17.8 Å². The van der Waals surface area contributed by atoms with E-state index < -0.39 is 17.7 Å². The van der Waals surface area contributed by atoms with Crippen LogP contribution in [0.2, 0.25) is 5.02 Å². The predicted molar refractivity (Wildman–Crippen MR) is 195 cm³/mol. The van der Waals surface area contributed by atoms with Crippen molar-refractivity contribution in [3.8, 4) is 0 Å². The number of hydrogen-bond donors (Lipinski definition) is 3. The van der Waals surface area contributed by atoms with E-state index in [1.54, 1.807) is 20.6 Å². The fraction of sp³-hybridized carbons (Fsp3) is 0.526. The summed E-state index contributed by atoms with van der Waals surface area (Å²) in [5, 5.41) is 6.73. The highest BCUT2D eigenvalue weighted by Gasteiger charge is 2.37. The molecule has 0 saturated carbocycles. The van der Waals surface area contributed by atoms with Gasteiger partial charge in [0.1, 0.15) is 0 Å². The zero-order chi connectivity index (χ0) is 36.6. The average Bonchev–Trinajstić information content (AvgIpc) is 3.50. The van der Waals surface area contributed by atoms with Gasteiger partial charge in [0.25, 0.3) is 0 Å². The first-order valence-electron chi connectivity index (χ1n) is 18.3. The molecule has 3 saturated heterocycles. The fourth-order valence-electron chi connectivity index (χ4n) is 8.75. The number of likely N-dealkylation sites (tertiary alicyclic amines) is 2. The molecule has 0 unspecified atom stereocenters. The molecule has 10 nitrogen and oxygen atoms in total. The number of nitrogens with zero attached hydrogens (tertiary/aromatic N) is 4. The number of pyridine rings is 1. The van der Waals surface area contributed by atoms with Crippen molar-refractivity contribution < 1.29 is 22.8 Å². The summed E-state index contributed by atoms with van der Waals surface area (Å²) in [4.78, 5) is 52.3. The number of amides is 2. The van der Waals surface area contributed by atoms with Gasteiger partial charge < -0.3 is 25.4 Å². The van der Waals surface area contributed by atoms with Crippen molar-refractivity contribution in [3.63, 3.8) is 0 Å². The van der Waals surface area contributed by atoms with Crippen LogP contribution in [0.15, 0.2) is 47.4 Å². The van der Waals surface area contributed by atoms with E-state index in [1.165, 1.54) is 13.1 Å². The molecule has 3 fully saturated rings. The summed E-state index contributed by atoms with van der Waals surface area (Å²) in [6, 6.07) is 9.96. The summed E-state index contributed by atoms with van der Waals surface area (Å²) < 4.78 is 44.0. The molecular weight excluding hydrogens is 695 g/mol. The highest BCUT2D eigenvalue weighted by molar-refractivity contribution is 6.33. The summed E-state index contributed by atoms with van der Waals surface area (Å²) in [7, 11) is 1.38. The van der Waals surface area contributed by atoms with Gasteiger partial charge in [0.05, 0.1) is 44.9 Å². The maximum absolute atomic E-state index is 14.2. The van der Waals surface area contributed by atoms with Crippen molar-refractivity contribution >= 4 is 51.0 Å². The number of rotatable bonds is 8. The summed E-state index contributed by atoms with van der Waals surface area (Å²) in [5.41, 5.74) is 1.12. The van der Waals surface area contributed by atoms with Crippen molar-refractivity contribution in [2.45, 2.75) is 63.6 Å². The van der Waals surface area contributed by atoms with Gasteiger partial charge in [-0.3, -0.25) is 19.1 Å². The van der Waals surface area contributed by atoms with Crippen molar-refractivity contribution in [3.05, 3.63) is 69.2 Å². The fourth-order valence-corrected chi connectivity index (χ4v) is 9.09. The Kier molecular flexibility index (Phi) is 10.5. The molecule has 14 heteroatoms. The molecule has 278 valence electrons. The van der Waals surface area contributed by atoms with Crippen LogP contribution in [0.1, 0.15) is 62.1 Å². The van der Waals surface area contributed by atoms with Crippen LogP contribution >= 0.6 is 11.6 Å². The number of carbonyl (C=O) groups is 2. The third-order valence-electron chi connectivity index (χ3n) is 11.5. The number of carbonyl (C=O) groups excluding carboxylic acids is 2. The van der Waals surface area contributed by atoms with Gasteiger partial charge in [-0.05, 0) is 93.6 Å². The zero-order valence-corrected chi connectivity index (χ0v) is 30.0. The van der Waals surface area contributed by atoms with E-state index in [0.717, 1.165) is 61.3 Å². The zero-order valence-electron chi connectivity index (χ0n) is 29.3. The van der Waals surface area contributed by atoms with E-state index in [9.17, 15) is 27.6 Å². The molecule has 2 aromatic carbocycles. The molecule has 52 heavy (non-hydrogen) atoms. The molecule has 1 atom stereocenters. The van der Waals surface area contributed by atoms with Gasteiger partial charge in [0.15, 0.2) is 0 Å². The molecule has 4 aromatic rings. The quantitative estimate of drug-likeness (QED) is 0.197. The molecule has 0 bridgehead atoms. The second-order valence-electron chi connectivity index (χ2n) is 14.6. The Bertz CT molecular complexity index is 1990. The van der Waals surface area contributed by atoms with Crippen LogP contribution in [0.25, 0.3) is 21.9 Å². The normalized spacial score (nSPS) is 19.0. The number of anilines is 1. The highest BCUT2D eigenvalue weighted by atomic mass is 35.5. The molecular formula is C38H45ClF3N7O3.